The van der Waals surface area contributed by atoms with Gasteiger partial charge in [0.05, 0.1) is 13.2 Å². The lowest BCUT2D eigenvalue weighted by atomic mass is 9.96. The van der Waals surface area contributed by atoms with Gasteiger partial charge < -0.3 is 15.8 Å². The van der Waals surface area contributed by atoms with Crippen LogP contribution in [0.3, 0.4) is 0 Å². The fourth-order valence-corrected chi connectivity index (χ4v) is 3.59. The van der Waals surface area contributed by atoms with Gasteiger partial charge in [0.1, 0.15) is 11.6 Å². The largest absolute Gasteiger partial charge is 0.497 e. The van der Waals surface area contributed by atoms with Gasteiger partial charge >= 0.3 is 0 Å². The molecule has 1 aliphatic rings. The number of hydrogen-bond donors (Lipinski definition) is 2. The molecule has 2 aromatic rings. The minimum Gasteiger partial charge on any atom is -0.497 e. The van der Waals surface area contributed by atoms with Crippen molar-refractivity contribution in [3.63, 3.8) is 0 Å². The summed E-state index contributed by atoms with van der Waals surface area (Å²) in [6, 6.07) is 13.5. The molecule has 0 aliphatic heterocycles. The SMILES string of the molecule is COc1ccc(C(NC(=O)C[C@@H]2CCC[C@H]2N)c2ccc(F)cc2)cc1. The average molecular weight is 356 g/mol. The molecule has 0 saturated heterocycles. The summed E-state index contributed by atoms with van der Waals surface area (Å²) < 4.78 is 18.5. The number of carbonyl (C=O) groups excluding carboxylic acids is 1. The highest BCUT2D eigenvalue weighted by Gasteiger charge is 2.27. The van der Waals surface area contributed by atoms with Gasteiger partial charge in [0.15, 0.2) is 0 Å². The highest BCUT2D eigenvalue weighted by molar-refractivity contribution is 5.77. The van der Waals surface area contributed by atoms with Crippen LogP contribution in [0.15, 0.2) is 48.5 Å². The van der Waals surface area contributed by atoms with E-state index >= 15 is 0 Å². The van der Waals surface area contributed by atoms with E-state index < -0.39 is 0 Å². The Morgan fingerprint density at radius 1 is 1.15 bits per heavy atom. The van der Waals surface area contributed by atoms with E-state index in [1.54, 1.807) is 19.2 Å². The number of carbonyl (C=O) groups is 1. The van der Waals surface area contributed by atoms with Gasteiger partial charge in [-0.2, -0.15) is 0 Å². The monoisotopic (exact) mass is 356 g/mol. The van der Waals surface area contributed by atoms with E-state index in [1.165, 1.54) is 12.1 Å². The highest BCUT2D eigenvalue weighted by Crippen LogP contribution is 2.28. The molecule has 3 N–H and O–H groups in total. The summed E-state index contributed by atoms with van der Waals surface area (Å²) in [5.41, 5.74) is 7.85. The Bertz CT molecular complexity index is 731. The van der Waals surface area contributed by atoms with Gasteiger partial charge in [-0.15, -0.1) is 0 Å². The van der Waals surface area contributed by atoms with Gasteiger partial charge in [0.25, 0.3) is 0 Å². The van der Waals surface area contributed by atoms with Crippen LogP contribution in [0.1, 0.15) is 42.9 Å². The molecule has 1 saturated carbocycles. The molecule has 2 aromatic carbocycles. The van der Waals surface area contributed by atoms with Crippen LogP contribution in [0.4, 0.5) is 4.39 Å². The number of methoxy groups -OCH3 is 1. The van der Waals surface area contributed by atoms with Crippen molar-refractivity contribution in [2.75, 3.05) is 7.11 Å². The molecule has 1 unspecified atom stereocenters. The lowest BCUT2D eigenvalue weighted by molar-refractivity contribution is -0.122. The van der Waals surface area contributed by atoms with Crippen LogP contribution in [0, 0.1) is 11.7 Å². The van der Waals surface area contributed by atoms with E-state index in [9.17, 15) is 9.18 Å². The van der Waals surface area contributed by atoms with Crippen LogP contribution in [0.2, 0.25) is 0 Å². The minimum atomic E-state index is -0.341. The zero-order valence-corrected chi connectivity index (χ0v) is 15.0. The van der Waals surface area contributed by atoms with Crippen molar-refractivity contribution < 1.29 is 13.9 Å². The van der Waals surface area contributed by atoms with E-state index in [-0.39, 0.29) is 29.7 Å². The third-order valence-corrected chi connectivity index (χ3v) is 5.12. The van der Waals surface area contributed by atoms with Gasteiger partial charge in [-0.05, 0) is 54.2 Å². The summed E-state index contributed by atoms with van der Waals surface area (Å²) in [5, 5.41) is 3.10. The summed E-state index contributed by atoms with van der Waals surface area (Å²) in [5.74, 6) is 0.651. The molecule has 0 aromatic heterocycles. The number of rotatable bonds is 6. The summed E-state index contributed by atoms with van der Waals surface area (Å²) in [6.07, 6.45) is 3.49. The zero-order valence-electron chi connectivity index (χ0n) is 15.0. The molecule has 0 bridgehead atoms. The molecule has 5 heteroatoms. The molecule has 3 rings (SSSR count). The second-order valence-corrected chi connectivity index (χ2v) is 6.88. The molecule has 0 heterocycles. The van der Waals surface area contributed by atoms with Crippen molar-refractivity contribution in [1.82, 2.24) is 5.32 Å². The van der Waals surface area contributed by atoms with Crippen LogP contribution in [0.25, 0.3) is 0 Å². The van der Waals surface area contributed by atoms with E-state index in [0.717, 1.165) is 36.1 Å². The molecule has 0 radical (unpaired) electrons. The van der Waals surface area contributed by atoms with Gasteiger partial charge in [0, 0.05) is 12.5 Å². The second kappa shape index (κ2) is 8.32. The van der Waals surface area contributed by atoms with E-state index in [0.29, 0.717) is 6.42 Å². The maximum absolute atomic E-state index is 13.3. The van der Waals surface area contributed by atoms with Gasteiger partial charge in [-0.3, -0.25) is 4.79 Å². The number of halogens is 1. The van der Waals surface area contributed by atoms with Crippen molar-refractivity contribution in [3.8, 4) is 5.75 Å². The van der Waals surface area contributed by atoms with Crippen LogP contribution in [-0.4, -0.2) is 19.1 Å². The Morgan fingerprint density at radius 2 is 1.77 bits per heavy atom. The van der Waals surface area contributed by atoms with E-state index in [1.807, 2.05) is 24.3 Å². The highest BCUT2D eigenvalue weighted by atomic mass is 19.1. The van der Waals surface area contributed by atoms with Crippen molar-refractivity contribution in [2.24, 2.45) is 11.7 Å². The van der Waals surface area contributed by atoms with Gasteiger partial charge in [-0.25, -0.2) is 4.39 Å². The smallest absolute Gasteiger partial charge is 0.221 e. The first-order valence-corrected chi connectivity index (χ1v) is 9.01. The second-order valence-electron chi connectivity index (χ2n) is 6.88. The van der Waals surface area contributed by atoms with E-state index in [4.69, 9.17) is 10.5 Å². The molecule has 0 spiro atoms. The molecule has 26 heavy (non-hydrogen) atoms. The molecule has 138 valence electrons. The Morgan fingerprint density at radius 3 is 2.31 bits per heavy atom. The zero-order chi connectivity index (χ0) is 18.5. The Kier molecular flexibility index (Phi) is 5.89. The first-order valence-electron chi connectivity index (χ1n) is 9.01. The van der Waals surface area contributed by atoms with E-state index in [2.05, 4.69) is 5.32 Å². The number of ether oxygens (including phenoxy) is 1. The number of benzene rings is 2. The molecule has 1 aliphatic carbocycles. The summed E-state index contributed by atoms with van der Waals surface area (Å²) in [7, 11) is 1.61. The van der Waals surface area contributed by atoms with Gasteiger partial charge in [0.2, 0.25) is 5.91 Å². The van der Waals surface area contributed by atoms with Crippen LogP contribution in [-0.2, 0) is 4.79 Å². The molecule has 1 amide bonds. The third kappa shape index (κ3) is 4.41. The first-order chi connectivity index (χ1) is 12.6. The fraction of sp³-hybridized carbons (Fsp3) is 0.381. The summed E-state index contributed by atoms with van der Waals surface area (Å²) in [6.45, 7) is 0. The van der Waals surface area contributed by atoms with Crippen LogP contribution >= 0.6 is 0 Å². The molecule has 4 nitrogen and oxygen atoms in total. The predicted octanol–water partition coefficient (Wildman–Crippen LogP) is 3.56. The normalized spacial score (nSPS) is 20.6. The predicted molar refractivity (Wildman–Crippen MR) is 99.3 cm³/mol. The minimum absolute atomic E-state index is 0.0301. The quantitative estimate of drug-likeness (QED) is 0.832. The Balaban J connectivity index is 1.79. The van der Waals surface area contributed by atoms with Crippen molar-refractivity contribution in [1.29, 1.82) is 0 Å². The Labute approximate surface area is 153 Å². The third-order valence-electron chi connectivity index (χ3n) is 5.12. The van der Waals surface area contributed by atoms with Gasteiger partial charge in [-0.1, -0.05) is 30.7 Å². The summed E-state index contributed by atoms with van der Waals surface area (Å²) in [4.78, 5) is 12.6. The van der Waals surface area contributed by atoms with Crippen molar-refractivity contribution >= 4 is 5.91 Å². The Hall–Kier alpha value is -2.40. The topological polar surface area (TPSA) is 64.3 Å². The molecular formula is C21H25FN2O2. The van der Waals surface area contributed by atoms with Crippen LogP contribution in [0.5, 0.6) is 5.75 Å². The summed E-state index contributed by atoms with van der Waals surface area (Å²) >= 11 is 0. The molecule has 1 fully saturated rings. The molecular weight excluding hydrogens is 331 g/mol. The van der Waals surface area contributed by atoms with Crippen LogP contribution < -0.4 is 15.8 Å². The maximum atomic E-state index is 13.3. The van der Waals surface area contributed by atoms with Crippen molar-refractivity contribution in [3.05, 3.63) is 65.5 Å². The maximum Gasteiger partial charge on any atom is 0.221 e. The first kappa shape index (κ1) is 18.4. The number of nitrogens with one attached hydrogen (secondary N) is 1. The standard InChI is InChI=1S/C21H25FN2O2/c1-26-18-11-7-15(8-12-18)21(14-5-9-17(22)10-6-14)24-20(25)13-16-3-2-4-19(16)23/h5-12,16,19,21H,2-4,13,23H2,1H3,(H,24,25)/t16-,19+,21?/m0/s1. The number of hydrogen-bond acceptors (Lipinski definition) is 3. The fourth-order valence-electron chi connectivity index (χ4n) is 3.59. The van der Waals surface area contributed by atoms with Crippen molar-refractivity contribution in [2.45, 2.75) is 37.8 Å². The lowest BCUT2D eigenvalue weighted by Crippen LogP contribution is -2.34. The number of amides is 1. The number of nitrogens with two attached hydrogens (primary N) is 1. The lowest BCUT2D eigenvalue weighted by Gasteiger charge is -2.22. The molecule has 3 atom stereocenters. The average Bonchev–Trinajstić information content (AvgIpc) is 3.05.